The van der Waals surface area contributed by atoms with E-state index in [9.17, 15) is 23.4 Å². The highest BCUT2D eigenvalue weighted by molar-refractivity contribution is 7.89. The molecule has 1 heterocycles. The lowest BCUT2D eigenvalue weighted by Crippen LogP contribution is -2.48. The third-order valence-electron chi connectivity index (χ3n) is 4.62. The molecule has 0 unspecified atom stereocenters. The summed E-state index contributed by atoms with van der Waals surface area (Å²) in [5.74, 6) is -1.74. The van der Waals surface area contributed by atoms with Crippen molar-refractivity contribution in [3.05, 3.63) is 36.4 Å². The van der Waals surface area contributed by atoms with E-state index in [1.54, 1.807) is 30.3 Å². The second-order valence-electron chi connectivity index (χ2n) is 6.20. The number of fused-ring (bicyclic) bond motifs is 1. The topological polar surface area (TPSA) is 104 Å². The van der Waals surface area contributed by atoms with Gasteiger partial charge in [-0.2, -0.15) is 4.31 Å². The molecule has 2 atom stereocenters. The predicted molar refractivity (Wildman–Crippen MR) is 95.6 cm³/mol. The molecular weight excluding hydrogens is 358 g/mol. The van der Waals surface area contributed by atoms with Crippen LogP contribution in [-0.2, 0) is 14.8 Å². The van der Waals surface area contributed by atoms with Crippen molar-refractivity contribution >= 4 is 26.8 Å². The number of aliphatic hydroxyl groups excluding tert-OH is 1. The van der Waals surface area contributed by atoms with E-state index in [1.807, 2.05) is 6.92 Å². The fourth-order valence-corrected chi connectivity index (χ4v) is 4.94. The Kier molecular flexibility index (Phi) is 5.17. The van der Waals surface area contributed by atoms with E-state index >= 15 is 0 Å². The summed E-state index contributed by atoms with van der Waals surface area (Å²) in [7, 11) is -3.91. The van der Waals surface area contributed by atoms with Gasteiger partial charge in [-0.3, -0.25) is 4.79 Å². The maximum absolute atomic E-state index is 13.2. The maximum Gasteiger partial charge on any atom is 0.310 e. The van der Waals surface area contributed by atoms with Gasteiger partial charge in [-0.1, -0.05) is 24.3 Å². The zero-order valence-corrected chi connectivity index (χ0v) is 15.1. The van der Waals surface area contributed by atoms with Gasteiger partial charge in [0.15, 0.2) is 0 Å². The number of carboxylic acid groups (broad SMARTS) is 1. The lowest BCUT2D eigenvalue weighted by molar-refractivity contribution is -0.147. The van der Waals surface area contributed by atoms with Crippen molar-refractivity contribution < 1.29 is 28.2 Å². The second kappa shape index (κ2) is 7.22. The molecular formula is C18H21NO6S. The van der Waals surface area contributed by atoms with Gasteiger partial charge in [0, 0.05) is 23.9 Å². The predicted octanol–water partition coefficient (Wildman–Crippen LogP) is 1.69. The summed E-state index contributed by atoms with van der Waals surface area (Å²) in [6.45, 7) is 2.14. The van der Waals surface area contributed by atoms with Crippen LogP contribution in [0.2, 0.25) is 0 Å². The Labute approximate surface area is 151 Å². The zero-order chi connectivity index (χ0) is 18.9. The van der Waals surface area contributed by atoms with Crippen LogP contribution in [0.15, 0.2) is 41.3 Å². The molecule has 26 heavy (non-hydrogen) atoms. The first-order chi connectivity index (χ1) is 12.4. The molecule has 0 radical (unpaired) electrons. The lowest BCUT2D eigenvalue weighted by Gasteiger charge is -2.33. The number of aliphatic carboxylic acids is 1. The highest BCUT2D eigenvalue weighted by atomic mass is 32.2. The van der Waals surface area contributed by atoms with E-state index < -0.39 is 28.0 Å². The van der Waals surface area contributed by atoms with Crippen LogP contribution in [-0.4, -0.2) is 54.7 Å². The summed E-state index contributed by atoms with van der Waals surface area (Å²) in [6, 6.07) is 10.2. The molecule has 2 aromatic rings. The summed E-state index contributed by atoms with van der Waals surface area (Å²) in [5, 5.41) is 20.3. The number of hydrogen-bond donors (Lipinski definition) is 2. The van der Waals surface area contributed by atoms with Crippen molar-refractivity contribution in [3.63, 3.8) is 0 Å². The highest BCUT2D eigenvalue weighted by Gasteiger charge is 2.39. The minimum atomic E-state index is -3.91. The van der Waals surface area contributed by atoms with Crippen molar-refractivity contribution in [2.45, 2.75) is 24.3 Å². The molecule has 7 nitrogen and oxygen atoms in total. The molecule has 0 aromatic heterocycles. The summed E-state index contributed by atoms with van der Waals surface area (Å²) >= 11 is 0. The molecule has 1 fully saturated rings. The first-order valence-corrected chi connectivity index (χ1v) is 9.85. The summed E-state index contributed by atoms with van der Waals surface area (Å²) in [4.78, 5) is 11.4. The van der Waals surface area contributed by atoms with Crippen LogP contribution in [0.4, 0.5) is 0 Å². The van der Waals surface area contributed by atoms with Gasteiger partial charge in [0.2, 0.25) is 10.0 Å². The number of carbonyl (C=O) groups is 1. The third kappa shape index (κ3) is 3.27. The Morgan fingerprint density at radius 1 is 1.23 bits per heavy atom. The van der Waals surface area contributed by atoms with E-state index in [4.69, 9.17) is 4.74 Å². The van der Waals surface area contributed by atoms with Gasteiger partial charge in [-0.05, 0) is 25.5 Å². The van der Waals surface area contributed by atoms with Crippen LogP contribution in [0.5, 0.6) is 5.75 Å². The first kappa shape index (κ1) is 18.6. The number of carboxylic acids is 1. The average Bonchev–Trinajstić information content (AvgIpc) is 2.62. The second-order valence-corrected chi connectivity index (χ2v) is 8.11. The summed E-state index contributed by atoms with van der Waals surface area (Å²) in [5.41, 5.74) is 0. The quantitative estimate of drug-likeness (QED) is 0.819. The number of hydrogen-bond acceptors (Lipinski definition) is 5. The molecule has 3 rings (SSSR count). The molecule has 0 bridgehead atoms. The molecule has 0 saturated carbocycles. The van der Waals surface area contributed by atoms with Crippen LogP contribution in [0.25, 0.3) is 10.8 Å². The zero-order valence-electron chi connectivity index (χ0n) is 14.3. The van der Waals surface area contributed by atoms with Crippen molar-refractivity contribution in [1.29, 1.82) is 0 Å². The molecule has 1 aliphatic rings. The van der Waals surface area contributed by atoms with Gasteiger partial charge in [0.05, 0.1) is 23.5 Å². The van der Waals surface area contributed by atoms with Gasteiger partial charge in [-0.15, -0.1) is 0 Å². The van der Waals surface area contributed by atoms with Crippen LogP contribution < -0.4 is 4.74 Å². The molecule has 2 N–H and O–H groups in total. The van der Waals surface area contributed by atoms with Gasteiger partial charge in [0.1, 0.15) is 5.75 Å². The SMILES string of the molecule is CCOc1ccc(S(=O)(=O)N2CC[C@H](O)[C@@H](C(=O)O)C2)c2ccccc12. The monoisotopic (exact) mass is 379 g/mol. The van der Waals surface area contributed by atoms with E-state index in [-0.39, 0.29) is 24.4 Å². The van der Waals surface area contributed by atoms with Crippen molar-refractivity contribution in [2.75, 3.05) is 19.7 Å². The fourth-order valence-electron chi connectivity index (χ4n) is 3.26. The van der Waals surface area contributed by atoms with Gasteiger partial charge >= 0.3 is 5.97 Å². The van der Waals surface area contributed by atoms with Crippen molar-refractivity contribution in [3.8, 4) is 5.75 Å². The van der Waals surface area contributed by atoms with Gasteiger partial charge < -0.3 is 14.9 Å². The Hall–Kier alpha value is -2.16. The summed E-state index contributed by atoms with van der Waals surface area (Å²) < 4.78 is 33.0. The fraction of sp³-hybridized carbons (Fsp3) is 0.389. The molecule has 0 spiro atoms. The van der Waals surface area contributed by atoms with Crippen LogP contribution in [0.1, 0.15) is 13.3 Å². The van der Waals surface area contributed by atoms with E-state index in [0.717, 1.165) is 4.31 Å². The number of aliphatic hydroxyl groups is 1. The van der Waals surface area contributed by atoms with Gasteiger partial charge in [-0.25, -0.2) is 8.42 Å². The Balaban J connectivity index is 2.05. The van der Waals surface area contributed by atoms with Crippen LogP contribution >= 0.6 is 0 Å². The van der Waals surface area contributed by atoms with Crippen LogP contribution in [0, 0.1) is 5.92 Å². The molecule has 140 valence electrons. The van der Waals surface area contributed by atoms with Gasteiger partial charge in [0.25, 0.3) is 0 Å². The molecule has 0 amide bonds. The minimum Gasteiger partial charge on any atom is -0.493 e. The molecule has 8 heteroatoms. The average molecular weight is 379 g/mol. The molecule has 1 saturated heterocycles. The van der Waals surface area contributed by atoms with E-state index in [2.05, 4.69) is 0 Å². The number of benzene rings is 2. The summed E-state index contributed by atoms with van der Waals surface area (Å²) in [6.07, 6.45) is -0.957. The maximum atomic E-state index is 13.2. The smallest absolute Gasteiger partial charge is 0.310 e. The van der Waals surface area contributed by atoms with E-state index in [0.29, 0.717) is 23.1 Å². The first-order valence-electron chi connectivity index (χ1n) is 8.41. The Bertz CT molecular complexity index is 926. The Morgan fingerprint density at radius 3 is 2.58 bits per heavy atom. The number of ether oxygens (including phenoxy) is 1. The van der Waals surface area contributed by atoms with Crippen LogP contribution in [0.3, 0.4) is 0 Å². The molecule has 1 aliphatic heterocycles. The number of nitrogens with zero attached hydrogens (tertiary/aromatic N) is 1. The van der Waals surface area contributed by atoms with E-state index in [1.165, 1.54) is 6.07 Å². The largest absolute Gasteiger partial charge is 0.493 e. The standard InChI is InChI=1S/C18H21NO6S/c1-2-25-16-7-8-17(13-6-4-3-5-12(13)16)26(23,24)19-10-9-15(20)14(11-19)18(21)22/h3-8,14-15,20H,2,9-11H2,1H3,(H,21,22)/t14-,15-/m0/s1. The number of piperidine rings is 1. The van der Waals surface area contributed by atoms with Crippen molar-refractivity contribution in [1.82, 2.24) is 4.31 Å². The molecule has 2 aromatic carbocycles. The number of rotatable bonds is 5. The molecule has 0 aliphatic carbocycles. The normalized spacial score (nSPS) is 21.6. The minimum absolute atomic E-state index is 0.0782. The lowest BCUT2D eigenvalue weighted by atomic mass is 9.96. The Morgan fingerprint density at radius 2 is 1.92 bits per heavy atom. The third-order valence-corrected chi connectivity index (χ3v) is 6.54. The number of sulfonamides is 1. The highest BCUT2D eigenvalue weighted by Crippen LogP contribution is 2.34. The van der Waals surface area contributed by atoms with Crippen molar-refractivity contribution in [2.24, 2.45) is 5.92 Å².